The number of hydrogen-bond donors (Lipinski definition) is 3. The van der Waals surface area contributed by atoms with Crippen molar-refractivity contribution < 1.29 is 14.4 Å². The average molecular weight is 387 g/mol. The molecule has 0 fully saturated rings. The summed E-state index contributed by atoms with van der Waals surface area (Å²) in [7, 11) is 0. The Morgan fingerprint density at radius 2 is 1.42 bits per heavy atom. The molecule has 0 aliphatic heterocycles. The van der Waals surface area contributed by atoms with Gasteiger partial charge in [-0.25, -0.2) is 10.2 Å². The molecule has 0 saturated carbocycles. The van der Waals surface area contributed by atoms with Crippen molar-refractivity contribution in [2.75, 3.05) is 0 Å². The van der Waals surface area contributed by atoms with Crippen molar-refractivity contribution in [3.63, 3.8) is 0 Å². The Bertz CT molecular complexity index is 812. The average Bonchev–Trinajstić information content (AvgIpc) is 2.53. The molecule has 0 heterocycles. The quantitative estimate of drug-likeness (QED) is 0.691. The first-order valence-electron chi connectivity index (χ1n) is 6.49. The largest absolute Gasteiger partial charge is 0.340 e. The van der Waals surface area contributed by atoms with E-state index in [0.29, 0.717) is 5.02 Å². The Balaban J connectivity index is 1.92. The van der Waals surface area contributed by atoms with E-state index in [1.807, 2.05) is 10.7 Å². The fraction of sp³-hybridized carbons (Fsp3) is 0. The molecule has 4 amide bonds. The number of rotatable bonds is 2. The van der Waals surface area contributed by atoms with E-state index in [1.165, 1.54) is 30.3 Å². The topological polar surface area (TPSA) is 87.3 Å². The van der Waals surface area contributed by atoms with Crippen LogP contribution in [0.4, 0.5) is 4.79 Å². The summed E-state index contributed by atoms with van der Waals surface area (Å²) < 4.78 is 0. The molecular formula is C15H10Cl3N3O3. The Morgan fingerprint density at radius 3 is 2.08 bits per heavy atom. The number of imide groups is 1. The second-order valence-electron chi connectivity index (χ2n) is 4.47. The molecule has 0 spiro atoms. The van der Waals surface area contributed by atoms with Gasteiger partial charge in [0.1, 0.15) is 0 Å². The maximum absolute atomic E-state index is 11.9. The monoisotopic (exact) mass is 385 g/mol. The van der Waals surface area contributed by atoms with E-state index in [2.05, 4.69) is 5.43 Å². The first-order valence-corrected chi connectivity index (χ1v) is 7.63. The van der Waals surface area contributed by atoms with Crippen molar-refractivity contribution in [1.29, 1.82) is 0 Å². The van der Waals surface area contributed by atoms with E-state index in [4.69, 9.17) is 34.8 Å². The van der Waals surface area contributed by atoms with Crippen LogP contribution in [0.2, 0.25) is 15.1 Å². The summed E-state index contributed by atoms with van der Waals surface area (Å²) in [6, 6.07) is 9.54. The molecule has 9 heteroatoms. The number of carbonyl (C=O) groups is 3. The third kappa shape index (κ3) is 4.61. The zero-order valence-corrected chi connectivity index (χ0v) is 14.2. The fourth-order valence-corrected chi connectivity index (χ4v) is 2.42. The molecular weight excluding hydrogens is 377 g/mol. The van der Waals surface area contributed by atoms with Gasteiger partial charge in [0, 0.05) is 5.02 Å². The normalized spacial score (nSPS) is 9.96. The number of hydrazine groups is 1. The minimum absolute atomic E-state index is 0.110. The molecule has 0 unspecified atom stereocenters. The minimum atomic E-state index is -0.932. The highest BCUT2D eigenvalue weighted by molar-refractivity contribution is 6.36. The minimum Gasteiger partial charge on any atom is -0.273 e. The van der Waals surface area contributed by atoms with E-state index >= 15 is 0 Å². The van der Waals surface area contributed by atoms with E-state index < -0.39 is 17.8 Å². The summed E-state index contributed by atoms with van der Waals surface area (Å²) >= 11 is 17.5. The van der Waals surface area contributed by atoms with E-state index in [0.717, 1.165) is 0 Å². The van der Waals surface area contributed by atoms with Crippen LogP contribution < -0.4 is 16.2 Å². The molecule has 0 radical (unpaired) electrons. The number of halogens is 3. The summed E-state index contributed by atoms with van der Waals surface area (Å²) in [6.45, 7) is 0. The summed E-state index contributed by atoms with van der Waals surface area (Å²) in [4.78, 5) is 35.4. The number of urea groups is 1. The van der Waals surface area contributed by atoms with Crippen LogP contribution in [0.3, 0.4) is 0 Å². The van der Waals surface area contributed by atoms with E-state index in [9.17, 15) is 14.4 Å². The van der Waals surface area contributed by atoms with Crippen LogP contribution in [0.15, 0.2) is 42.5 Å². The van der Waals surface area contributed by atoms with Crippen LogP contribution in [0.5, 0.6) is 0 Å². The van der Waals surface area contributed by atoms with Gasteiger partial charge in [-0.3, -0.25) is 20.3 Å². The number of benzene rings is 2. The number of nitrogens with one attached hydrogen (secondary N) is 3. The van der Waals surface area contributed by atoms with Gasteiger partial charge in [0.2, 0.25) is 0 Å². The van der Waals surface area contributed by atoms with Crippen molar-refractivity contribution in [3.05, 3.63) is 68.7 Å². The molecule has 24 heavy (non-hydrogen) atoms. The van der Waals surface area contributed by atoms with Crippen molar-refractivity contribution >= 4 is 52.6 Å². The first kappa shape index (κ1) is 18.1. The molecule has 0 aliphatic rings. The number of hydrogen-bond acceptors (Lipinski definition) is 3. The van der Waals surface area contributed by atoms with Gasteiger partial charge in [-0.2, -0.15) is 0 Å². The molecule has 2 aromatic rings. The Kier molecular flexibility index (Phi) is 6.03. The zero-order valence-electron chi connectivity index (χ0n) is 11.9. The van der Waals surface area contributed by atoms with Crippen molar-refractivity contribution in [2.24, 2.45) is 0 Å². The fourth-order valence-electron chi connectivity index (χ4n) is 1.70. The molecule has 0 atom stereocenters. The Morgan fingerprint density at radius 1 is 0.750 bits per heavy atom. The van der Waals surface area contributed by atoms with E-state index in [1.54, 1.807) is 12.1 Å². The lowest BCUT2D eigenvalue weighted by atomic mass is 10.2. The highest BCUT2D eigenvalue weighted by atomic mass is 35.5. The third-order valence-electron chi connectivity index (χ3n) is 2.81. The van der Waals surface area contributed by atoms with Gasteiger partial charge >= 0.3 is 6.03 Å². The number of carbonyl (C=O) groups excluding carboxylic acids is 3. The van der Waals surface area contributed by atoms with Crippen LogP contribution in [0.25, 0.3) is 0 Å². The lowest BCUT2D eigenvalue weighted by Crippen LogP contribution is -2.48. The van der Waals surface area contributed by atoms with Crippen LogP contribution in [0.1, 0.15) is 20.7 Å². The van der Waals surface area contributed by atoms with E-state index in [-0.39, 0.29) is 21.2 Å². The van der Waals surface area contributed by atoms with Gasteiger partial charge in [0.15, 0.2) is 0 Å². The molecule has 2 rings (SSSR count). The predicted molar refractivity (Wildman–Crippen MR) is 91.4 cm³/mol. The van der Waals surface area contributed by atoms with Crippen molar-refractivity contribution in [3.8, 4) is 0 Å². The summed E-state index contributed by atoms with van der Waals surface area (Å²) in [5, 5.41) is 2.71. The second-order valence-corrected chi connectivity index (χ2v) is 5.72. The summed E-state index contributed by atoms with van der Waals surface area (Å²) in [5.74, 6) is -1.38. The molecule has 6 nitrogen and oxygen atoms in total. The lowest BCUT2D eigenvalue weighted by Gasteiger charge is -2.10. The maximum Gasteiger partial charge on any atom is 0.340 e. The molecule has 124 valence electrons. The van der Waals surface area contributed by atoms with Crippen LogP contribution in [0, 0.1) is 0 Å². The zero-order chi connectivity index (χ0) is 17.7. The standard InChI is InChI=1S/C15H10Cl3N3O3/c16-8-5-6-10(12(18)7-8)14(23)20-21-15(24)19-13(22)9-3-1-2-4-11(9)17/h1-7H,(H,20,23)(H2,19,21,22,24). The third-order valence-corrected chi connectivity index (χ3v) is 3.69. The Labute approximate surface area is 152 Å². The summed E-state index contributed by atoms with van der Waals surface area (Å²) in [6.07, 6.45) is 0. The SMILES string of the molecule is O=C(NNC(=O)c1ccc(Cl)cc1Cl)NC(=O)c1ccccc1Cl. The first-order chi connectivity index (χ1) is 11.4. The van der Waals surface area contributed by atoms with Gasteiger partial charge in [-0.15, -0.1) is 0 Å². The number of amides is 4. The van der Waals surface area contributed by atoms with Crippen LogP contribution >= 0.6 is 34.8 Å². The van der Waals surface area contributed by atoms with Crippen LogP contribution in [-0.2, 0) is 0 Å². The maximum atomic E-state index is 11.9. The highest BCUT2D eigenvalue weighted by Crippen LogP contribution is 2.20. The molecule has 0 aliphatic carbocycles. The van der Waals surface area contributed by atoms with Gasteiger partial charge in [0.05, 0.1) is 21.2 Å². The molecule has 0 saturated heterocycles. The van der Waals surface area contributed by atoms with Crippen LogP contribution in [-0.4, -0.2) is 17.8 Å². The van der Waals surface area contributed by atoms with Gasteiger partial charge in [-0.05, 0) is 30.3 Å². The van der Waals surface area contributed by atoms with Gasteiger partial charge in [-0.1, -0.05) is 46.9 Å². The van der Waals surface area contributed by atoms with Gasteiger partial charge < -0.3 is 0 Å². The highest BCUT2D eigenvalue weighted by Gasteiger charge is 2.15. The lowest BCUT2D eigenvalue weighted by molar-refractivity contribution is 0.0918. The molecule has 0 aromatic heterocycles. The predicted octanol–water partition coefficient (Wildman–Crippen LogP) is 3.43. The second kappa shape index (κ2) is 8.01. The molecule has 3 N–H and O–H groups in total. The smallest absolute Gasteiger partial charge is 0.273 e. The molecule has 0 bridgehead atoms. The Hall–Kier alpha value is -2.28. The van der Waals surface area contributed by atoms with Gasteiger partial charge in [0.25, 0.3) is 11.8 Å². The molecule has 2 aromatic carbocycles. The van der Waals surface area contributed by atoms with Crippen molar-refractivity contribution in [2.45, 2.75) is 0 Å². The summed E-state index contributed by atoms with van der Waals surface area (Å²) in [5.41, 5.74) is 4.39. The van der Waals surface area contributed by atoms with Crippen molar-refractivity contribution in [1.82, 2.24) is 16.2 Å².